The van der Waals surface area contributed by atoms with Crippen LogP contribution in [0.5, 0.6) is 0 Å². The first kappa shape index (κ1) is 12.0. The molecule has 1 heteroatoms. The van der Waals surface area contributed by atoms with E-state index in [0.29, 0.717) is 0 Å². The van der Waals surface area contributed by atoms with Crippen LogP contribution in [0.1, 0.15) is 46.5 Å². The van der Waals surface area contributed by atoms with Gasteiger partial charge in [0.25, 0.3) is 0 Å². The third kappa shape index (κ3) is 4.10. The molecule has 0 amide bonds. The van der Waals surface area contributed by atoms with E-state index in [4.69, 9.17) is 0 Å². The smallest absolute Gasteiger partial charge is 0.00890 e. The largest absolute Gasteiger partial charge is 0.306 e. The predicted octanol–water partition coefficient (Wildman–Crippen LogP) is 3.15. The van der Waals surface area contributed by atoms with Crippen LogP contribution in [0.4, 0.5) is 0 Å². The molecule has 0 aliphatic carbocycles. The lowest BCUT2D eigenvalue weighted by Crippen LogP contribution is -2.32. The van der Waals surface area contributed by atoms with Crippen LogP contribution in [0.25, 0.3) is 0 Å². The first-order chi connectivity index (χ1) is 5.63. The molecule has 1 nitrogen and oxygen atoms in total. The number of nitrogens with zero attached hydrogens (tertiary/aromatic N) is 1. The average molecular weight is 171 g/mol. The second-order valence-corrected chi connectivity index (χ2v) is 4.01. The summed E-state index contributed by atoms with van der Waals surface area (Å²) in [6.07, 6.45) is 5.43. The van der Waals surface area contributed by atoms with E-state index < -0.39 is 0 Å². The normalized spacial score (nSPS) is 16.5. The van der Waals surface area contributed by atoms with Crippen molar-refractivity contribution in [1.82, 2.24) is 4.90 Å². The number of hydrogen-bond acceptors (Lipinski definition) is 1. The summed E-state index contributed by atoms with van der Waals surface area (Å²) >= 11 is 0. The average Bonchev–Trinajstić information content (AvgIpc) is 2.05. The molecule has 0 fully saturated rings. The van der Waals surface area contributed by atoms with Gasteiger partial charge in [-0.2, -0.15) is 0 Å². The minimum absolute atomic E-state index is 0.738. The van der Waals surface area contributed by atoms with E-state index in [1.165, 1.54) is 25.7 Å². The zero-order chi connectivity index (χ0) is 9.56. The van der Waals surface area contributed by atoms with E-state index in [2.05, 4.69) is 39.8 Å². The van der Waals surface area contributed by atoms with Crippen molar-refractivity contribution in [2.24, 2.45) is 5.92 Å². The fourth-order valence-electron chi connectivity index (χ4n) is 1.67. The Morgan fingerprint density at radius 1 is 1.17 bits per heavy atom. The van der Waals surface area contributed by atoms with Crippen molar-refractivity contribution in [2.45, 2.75) is 52.5 Å². The summed E-state index contributed by atoms with van der Waals surface area (Å²) in [6, 6.07) is 0.738. The summed E-state index contributed by atoms with van der Waals surface area (Å²) in [5, 5.41) is 0. The molecule has 0 aromatic carbocycles. The molecule has 0 rings (SSSR count). The standard InChI is InChI=1S/C11H25N/c1-6-8-9-11(7-2)10(3)12(4)5/h10-11H,6-9H2,1-5H3. The van der Waals surface area contributed by atoms with Crippen molar-refractivity contribution in [3.63, 3.8) is 0 Å². The van der Waals surface area contributed by atoms with Gasteiger partial charge in [0.05, 0.1) is 0 Å². The van der Waals surface area contributed by atoms with Gasteiger partial charge in [0.1, 0.15) is 0 Å². The minimum atomic E-state index is 0.738. The fourth-order valence-corrected chi connectivity index (χ4v) is 1.67. The van der Waals surface area contributed by atoms with E-state index in [1.807, 2.05) is 0 Å². The molecule has 0 aromatic rings. The monoisotopic (exact) mass is 171 g/mol. The molecule has 12 heavy (non-hydrogen) atoms. The quantitative estimate of drug-likeness (QED) is 0.593. The first-order valence-electron chi connectivity index (χ1n) is 5.29. The van der Waals surface area contributed by atoms with Crippen molar-refractivity contribution in [3.05, 3.63) is 0 Å². The highest BCUT2D eigenvalue weighted by molar-refractivity contribution is 4.70. The molecule has 0 heterocycles. The molecule has 0 saturated heterocycles. The maximum Gasteiger partial charge on any atom is 0.00890 e. The third-order valence-corrected chi connectivity index (χ3v) is 2.95. The van der Waals surface area contributed by atoms with Crippen LogP contribution in [-0.4, -0.2) is 25.0 Å². The van der Waals surface area contributed by atoms with Gasteiger partial charge in [0.15, 0.2) is 0 Å². The van der Waals surface area contributed by atoms with Crippen LogP contribution in [0.15, 0.2) is 0 Å². The summed E-state index contributed by atoms with van der Waals surface area (Å²) in [5.74, 6) is 0.889. The SMILES string of the molecule is CCCCC(CC)C(C)N(C)C. The summed E-state index contributed by atoms with van der Waals surface area (Å²) in [7, 11) is 4.36. The van der Waals surface area contributed by atoms with Crippen molar-refractivity contribution >= 4 is 0 Å². The van der Waals surface area contributed by atoms with E-state index in [-0.39, 0.29) is 0 Å². The molecule has 0 aliphatic rings. The van der Waals surface area contributed by atoms with Gasteiger partial charge in [-0.15, -0.1) is 0 Å². The molecule has 0 spiro atoms. The molecule has 0 radical (unpaired) electrons. The Labute approximate surface area is 78.1 Å². The number of rotatable bonds is 6. The highest BCUT2D eigenvalue weighted by atomic mass is 15.1. The van der Waals surface area contributed by atoms with Gasteiger partial charge >= 0.3 is 0 Å². The predicted molar refractivity (Wildman–Crippen MR) is 56.5 cm³/mol. The molecule has 0 N–H and O–H groups in total. The Morgan fingerprint density at radius 3 is 2.08 bits per heavy atom. The van der Waals surface area contributed by atoms with Gasteiger partial charge in [-0.3, -0.25) is 0 Å². The van der Waals surface area contributed by atoms with Crippen LogP contribution < -0.4 is 0 Å². The van der Waals surface area contributed by atoms with Crippen molar-refractivity contribution in [3.8, 4) is 0 Å². The first-order valence-corrected chi connectivity index (χ1v) is 5.29. The maximum absolute atomic E-state index is 2.34. The van der Waals surface area contributed by atoms with Crippen LogP contribution in [0.2, 0.25) is 0 Å². The highest BCUT2D eigenvalue weighted by Gasteiger charge is 2.15. The minimum Gasteiger partial charge on any atom is -0.306 e. The van der Waals surface area contributed by atoms with E-state index in [1.54, 1.807) is 0 Å². The molecular weight excluding hydrogens is 146 g/mol. The molecule has 0 aliphatic heterocycles. The van der Waals surface area contributed by atoms with Crippen LogP contribution in [0.3, 0.4) is 0 Å². The van der Waals surface area contributed by atoms with Gasteiger partial charge < -0.3 is 4.90 Å². The second-order valence-electron chi connectivity index (χ2n) is 4.01. The van der Waals surface area contributed by atoms with Crippen LogP contribution in [-0.2, 0) is 0 Å². The third-order valence-electron chi connectivity index (χ3n) is 2.95. The topological polar surface area (TPSA) is 3.24 Å². The van der Waals surface area contributed by atoms with Crippen LogP contribution in [0, 0.1) is 5.92 Å². The molecule has 0 aromatic heterocycles. The zero-order valence-electron chi connectivity index (χ0n) is 9.43. The van der Waals surface area contributed by atoms with Gasteiger partial charge in [-0.25, -0.2) is 0 Å². The second kappa shape index (κ2) is 6.47. The molecule has 0 saturated carbocycles. The van der Waals surface area contributed by atoms with E-state index >= 15 is 0 Å². The lowest BCUT2D eigenvalue weighted by Gasteiger charge is -2.28. The van der Waals surface area contributed by atoms with Gasteiger partial charge in [-0.1, -0.05) is 33.1 Å². The lowest BCUT2D eigenvalue weighted by atomic mass is 9.92. The Kier molecular flexibility index (Phi) is 6.45. The molecule has 2 atom stereocenters. The van der Waals surface area contributed by atoms with Gasteiger partial charge in [0, 0.05) is 6.04 Å². The van der Waals surface area contributed by atoms with Crippen molar-refractivity contribution in [1.29, 1.82) is 0 Å². The summed E-state index contributed by atoms with van der Waals surface area (Å²) in [5.41, 5.74) is 0. The molecule has 2 unspecified atom stereocenters. The Hall–Kier alpha value is -0.0400. The van der Waals surface area contributed by atoms with Gasteiger partial charge in [0.2, 0.25) is 0 Å². The summed E-state index contributed by atoms with van der Waals surface area (Å²) in [4.78, 5) is 2.34. The summed E-state index contributed by atoms with van der Waals surface area (Å²) in [6.45, 7) is 6.91. The Morgan fingerprint density at radius 2 is 1.75 bits per heavy atom. The van der Waals surface area contributed by atoms with Gasteiger partial charge in [-0.05, 0) is 33.4 Å². The fraction of sp³-hybridized carbons (Fsp3) is 1.00. The Bertz CT molecular complexity index is 99.2. The maximum atomic E-state index is 2.34. The van der Waals surface area contributed by atoms with E-state index in [0.717, 1.165) is 12.0 Å². The van der Waals surface area contributed by atoms with E-state index in [9.17, 15) is 0 Å². The van der Waals surface area contributed by atoms with Crippen LogP contribution >= 0.6 is 0 Å². The van der Waals surface area contributed by atoms with Crippen molar-refractivity contribution < 1.29 is 0 Å². The number of unbranched alkanes of at least 4 members (excludes halogenated alkanes) is 1. The van der Waals surface area contributed by atoms with Crippen molar-refractivity contribution in [2.75, 3.05) is 14.1 Å². The number of hydrogen-bond donors (Lipinski definition) is 0. The molecular formula is C11H25N. The molecule has 74 valence electrons. The zero-order valence-corrected chi connectivity index (χ0v) is 9.43. The molecule has 0 bridgehead atoms. The highest BCUT2D eigenvalue weighted by Crippen LogP contribution is 2.19. The lowest BCUT2D eigenvalue weighted by molar-refractivity contribution is 0.209. The summed E-state index contributed by atoms with van der Waals surface area (Å²) < 4.78 is 0. The Balaban J connectivity index is 3.79.